The van der Waals surface area contributed by atoms with Gasteiger partial charge in [-0.15, -0.1) is 0 Å². The molecular formula is C8H6N4O3. The van der Waals surface area contributed by atoms with Crippen molar-refractivity contribution in [2.24, 2.45) is 5.73 Å². The van der Waals surface area contributed by atoms with Gasteiger partial charge in [0.05, 0.1) is 11.0 Å². The molecule has 0 radical (unpaired) electrons. The van der Waals surface area contributed by atoms with Gasteiger partial charge in [0.2, 0.25) is 0 Å². The second-order valence-corrected chi connectivity index (χ2v) is 2.90. The third-order valence-corrected chi connectivity index (χ3v) is 1.91. The van der Waals surface area contributed by atoms with Crippen LogP contribution in [0.3, 0.4) is 0 Å². The van der Waals surface area contributed by atoms with Crippen molar-refractivity contribution in [1.29, 1.82) is 0 Å². The lowest BCUT2D eigenvalue weighted by Crippen LogP contribution is -2.10. The van der Waals surface area contributed by atoms with Gasteiger partial charge < -0.3 is 10.1 Å². The highest BCUT2D eigenvalue weighted by molar-refractivity contribution is 5.91. The molecule has 0 aromatic carbocycles. The number of aromatic nitrogens is 2. The van der Waals surface area contributed by atoms with Crippen molar-refractivity contribution in [2.75, 3.05) is 0 Å². The van der Waals surface area contributed by atoms with Gasteiger partial charge in [0.25, 0.3) is 11.6 Å². The van der Waals surface area contributed by atoms with Crippen LogP contribution >= 0.6 is 0 Å². The number of rotatable bonds is 2. The monoisotopic (exact) mass is 206 g/mol. The first-order valence-electron chi connectivity index (χ1n) is 4.01. The van der Waals surface area contributed by atoms with Crippen LogP contribution in [0.15, 0.2) is 24.5 Å². The lowest BCUT2D eigenvalue weighted by molar-refractivity contribution is -0.384. The van der Waals surface area contributed by atoms with Gasteiger partial charge >= 0.3 is 0 Å². The Bertz CT molecular complexity index is 548. The van der Waals surface area contributed by atoms with E-state index in [-0.39, 0.29) is 11.4 Å². The maximum Gasteiger partial charge on any atom is 0.274 e. The Balaban J connectivity index is 2.62. The van der Waals surface area contributed by atoms with Crippen LogP contribution < -0.4 is 5.73 Å². The Morgan fingerprint density at radius 3 is 2.93 bits per heavy atom. The molecule has 0 unspecified atom stereocenters. The molecule has 76 valence electrons. The molecule has 0 saturated carbocycles. The summed E-state index contributed by atoms with van der Waals surface area (Å²) in [6.07, 6.45) is 2.87. The zero-order valence-electron chi connectivity index (χ0n) is 7.45. The van der Waals surface area contributed by atoms with Crippen LogP contribution in [0, 0.1) is 10.1 Å². The van der Waals surface area contributed by atoms with E-state index in [0.717, 1.165) is 0 Å². The summed E-state index contributed by atoms with van der Waals surface area (Å²) in [6.45, 7) is 0. The normalized spacial score (nSPS) is 10.4. The van der Waals surface area contributed by atoms with Crippen molar-refractivity contribution in [2.45, 2.75) is 0 Å². The van der Waals surface area contributed by atoms with Gasteiger partial charge in [-0.25, -0.2) is 4.98 Å². The molecule has 2 N–H and O–H groups in total. The van der Waals surface area contributed by atoms with Crippen molar-refractivity contribution in [3.05, 3.63) is 40.3 Å². The van der Waals surface area contributed by atoms with Crippen molar-refractivity contribution in [3.63, 3.8) is 0 Å². The highest BCUT2D eigenvalue weighted by atomic mass is 16.6. The molecular weight excluding hydrogens is 200 g/mol. The van der Waals surface area contributed by atoms with Crippen LogP contribution in [0.2, 0.25) is 0 Å². The maximum absolute atomic E-state index is 10.8. The van der Waals surface area contributed by atoms with Gasteiger partial charge in [0.1, 0.15) is 11.3 Å². The van der Waals surface area contributed by atoms with E-state index in [1.165, 1.54) is 28.9 Å². The molecule has 2 rings (SSSR count). The number of nitro groups is 1. The predicted molar refractivity (Wildman–Crippen MR) is 50.4 cm³/mol. The minimum absolute atomic E-state index is 0.0792. The van der Waals surface area contributed by atoms with Gasteiger partial charge in [-0.2, -0.15) is 0 Å². The number of fused-ring (bicyclic) bond motifs is 1. The average Bonchev–Trinajstić information content (AvgIpc) is 2.59. The third-order valence-electron chi connectivity index (χ3n) is 1.91. The van der Waals surface area contributed by atoms with Gasteiger partial charge in [-0.05, 0) is 0 Å². The molecule has 7 heteroatoms. The number of hydrogen-bond donors (Lipinski definition) is 1. The first-order valence-corrected chi connectivity index (χ1v) is 4.01. The Morgan fingerprint density at radius 1 is 1.60 bits per heavy atom. The summed E-state index contributed by atoms with van der Waals surface area (Å²) in [6, 6.07) is 2.59. The van der Waals surface area contributed by atoms with Crippen molar-refractivity contribution in [1.82, 2.24) is 9.38 Å². The minimum atomic E-state index is -0.665. The van der Waals surface area contributed by atoms with Gasteiger partial charge in [-0.1, -0.05) is 0 Å². The molecule has 2 aromatic rings. The van der Waals surface area contributed by atoms with Gasteiger partial charge in [0.15, 0.2) is 0 Å². The van der Waals surface area contributed by atoms with E-state index in [1.807, 2.05) is 0 Å². The number of amides is 1. The van der Waals surface area contributed by atoms with Crippen molar-refractivity contribution < 1.29 is 9.72 Å². The van der Waals surface area contributed by atoms with Crippen LogP contribution in [0.1, 0.15) is 10.5 Å². The molecule has 7 nitrogen and oxygen atoms in total. The molecule has 0 saturated heterocycles. The minimum Gasteiger partial charge on any atom is -0.364 e. The lowest BCUT2D eigenvalue weighted by Gasteiger charge is -1.91. The largest absolute Gasteiger partial charge is 0.364 e. The zero-order chi connectivity index (χ0) is 11.0. The second kappa shape index (κ2) is 3.05. The van der Waals surface area contributed by atoms with E-state index in [0.29, 0.717) is 5.65 Å². The van der Waals surface area contributed by atoms with Crippen LogP contribution in [0.4, 0.5) is 5.69 Å². The first-order chi connectivity index (χ1) is 7.08. The topological polar surface area (TPSA) is 104 Å². The Hall–Kier alpha value is -2.44. The van der Waals surface area contributed by atoms with Crippen LogP contribution in [0.25, 0.3) is 5.65 Å². The third kappa shape index (κ3) is 1.50. The summed E-state index contributed by atoms with van der Waals surface area (Å²) in [7, 11) is 0. The highest BCUT2D eigenvalue weighted by Crippen LogP contribution is 2.14. The van der Waals surface area contributed by atoms with E-state index in [9.17, 15) is 14.9 Å². The van der Waals surface area contributed by atoms with E-state index in [2.05, 4.69) is 4.98 Å². The highest BCUT2D eigenvalue weighted by Gasteiger charge is 2.10. The van der Waals surface area contributed by atoms with Gasteiger partial charge in [-0.3, -0.25) is 14.9 Å². The smallest absolute Gasteiger partial charge is 0.274 e. The molecule has 0 bridgehead atoms. The van der Waals surface area contributed by atoms with Crippen LogP contribution in [-0.4, -0.2) is 20.2 Å². The molecule has 0 spiro atoms. The quantitative estimate of drug-likeness (QED) is 0.565. The molecule has 2 aromatic heterocycles. The van der Waals surface area contributed by atoms with E-state index in [4.69, 9.17) is 5.73 Å². The fraction of sp³-hybridized carbons (Fsp3) is 0. The molecule has 0 aliphatic heterocycles. The fourth-order valence-electron chi connectivity index (χ4n) is 1.20. The number of carbonyl (C=O) groups excluding carboxylic acids is 1. The summed E-state index contributed by atoms with van der Waals surface area (Å²) in [5.41, 5.74) is 5.34. The molecule has 2 heterocycles. The van der Waals surface area contributed by atoms with Crippen LogP contribution in [0.5, 0.6) is 0 Å². The first kappa shape index (κ1) is 9.13. The van der Waals surface area contributed by atoms with E-state index < -0.39 is 10.8 Å². The number of primary amides is 1. The number of imidazole rings is 1. The Kier molecular flexibility index (Phi) is 1.86. The van der Waals surface area contributed by atoms with Crippen molar-refractivity contribution in [3.8, 4) is 0 Å². The Morgan fingerprint density at radius 2 is 2.33 bits per heavy atom. The fourth-order valence-corrected chi connectivity index (χ4v) is 1.20. The SMILES string of the molecule is NC(=O)c1cn2ccc([N+](=O)[O-])cc2n1. The van der Waals surface area contributed by atoms with Crippen LogP contribution in [-0.2, 0) is 0 Å². The van der Waals surface area contributed by atoms with Gasteiger partial charge in [0, 0.05) is 18.5 Å². The lowest BCUT2D eigenvalue weighted by atomic mass is 10.4. The summed E-state index contributed by atoms with van der Waals surface area (Å²) in [5, 5.41) is 10.5. The number of carbonyl (C=O) groups is 1. The number of nitrogens with two attached hydrogens (primary N) is 1. The summed E-state index contributed by atoms with van der Waals surface area (Å²) in [4.78, 5) is 24.6. The maximum atomic E-state index is 10.8. The summed E-state index contributed by atoms with van der Waals surface area (Å²) >= 11 is 0. The molecule has 0 fully saturated rings. The van der Waals surface area contributed by atoms with Crippen molar-refractivity contribution >= 4 is 17.2 Å². The predicted octanol–water partition coefficient (Wildman–Crippen LogP) is 0.341. The molecule has 1 amide bonds. The van der Waals surface area contributed by atoms with E-state index >= 15 is 0 Å². The molecule has 15 heavy (non-hydrogen) atoms. The Labute approximate surface area is 83.3 Å². The van der Waals surface area contributed by atoms with E-state index in [1.54, 1.807) is 0 Å². The summed E-state index contributed by atoms with van der Waals surface area (Å²) in [5.74, 6) is -0.665. The number of pyridine rings is 1. The molecule has 0 atom stereocenters. The zero-order valence-corrected chi connectivity index (χ0v) is 7.45. The molecule has 0 aliphatic rings. The standard InChI is InChI=1S/C8H6N4O3/c9-8(13)6-4-11-2-1-5(12(14)15)3-7(11)10-6/h1-4H,(H2,9,13). The average molecular weight is 206 g/mol. The number of hydrogen-bond acceptors (Lipinski definition) is 4. The number of nitrogens with zero attached hydrogens (tertiary/aromatic N) is 3. The molecule has 0 aliphatic carbocycles. The second-order valence-electron chi connectivity index (χ2n) is 2.90. The summed E-state index contributed by atoms with van der Waals surface area (Å²) < 4.78 is 1.49.